The van der Waals surface area contributed by atoms with Gasteiger partial charge in [-0.1, -0.05) is 20.8 Å². The van der Waals surface area contributed by atoms with Gasteiger partial charge in [-0.05, 0) is 90.6 Å². The number of rotatable bonds is 10. The summed E-state index contributed by atoms with van der Waals surface area (Å²) < 4.78 is 37.7. The lowest BCUT2D eigenvalue weighted by atomic mass is 10.2. The first-order valence-electron chi connectivity index (χ1n) is 13.5. The van der Waals surface area contributed by atoms with E-state index in [0.717, 1.165) is 6.42 Å². The van der Waals surface area contributed by atoms with Gasteiger partial charge in [0.15, 0.2) is 18.2 Å². The zero-order valence-electron chi connectivity index (χ0n) is 25.2. The maximum atomic E-state index is 14.6. The molecule has 0 spiro atoms. The van der Waals surface area contributed by atoms with Gasteiger partial charge in [0.1, 0.15) is 16.5 Å². The van der Waals surface area contributed by atoms with Gasteiger partial charge in [0.05, 0.1) is 6.10 Å². The highest BCUT2D eigenvalue weighted by Crippen LogP contribution is 2.37. The van der Waals surface area contributed by atoms with Crippen LogP contribution in [0, 0.1) is 6.92 Å². The minimum atomic E-state index is -3.77. The molecule has 12 heteroatoms. The van der Waals surface area contributed by atoms with E-state index in [1.165, 1.54) is 4.31 Å². The number of hydrogen-bond acceptors (Lipinski definition) is 7. The third-order valence-corrected chi connectivity index (χ3v) is 13.9. The Hall–Kier alpha value is -2.02. The monoisotopic (exact) mass is 585 g/mol. The van der Waals surface area contributed by atoms with Crippen LogP contribution in [0.1, 0.15) is 79.8 Å². The molecular weight excluding hydrogens is 538 g/mol. The molecular formula is C27H47N3O7SSi. The number of nitrogens with zero attached hydrogens (tertiary/aromatic N) is 3. The summed E-state index contributed by atoms with van der Waals surface area (Å²) in [7, 11) is -5.63. The first kappa shape index (κ1) is 33.2. The van der Waals surface area contributed by atoms with Crippen LogP contribution in [0.3, 0.4) is 0 Å². The van der Waals surface area contributed by atoms with Crippen LogP contribution in [0.2, 0.25) is 18.1 Å². The standard InChI is InChI=1S/C27H47N3O7SSi/c1-19-15-16-22(23(28-19)36-20(2)13-12-18-35-39(9,10)27(6,7)8)38(34,29-25(33)37-26(3,4)5)30-17-11-14-21(30)24(31)32/h15-16,20-21H,11-14,17-18H2,1-10H3,(H,31,32)/t20-,21+,38+/m1/s1. The van der Waals surface area contributed by atoms with E-state index >= 15 is 0 Å². The second-order valence-corrected chi connectivity index (χ2v) is 19.5. The second-order valence-electron chi connectivity index (χ2n) is 12.6. The van der Waals surface area contributed by atoms with Crippen LogP contribution in [-0.2, 0) is 23.9 Å². The molecule has 1 amide bonds. The Morgan fingerprint density at radius 2 is 1.87 bits per heavy atom. The molecule has 0 saturated carbocycles. The fraction of sp³-hybridized carbons (Fsp3) is 0.741. The normalized spacial score (nSPS) is 19.3. The Morgan fingerprint density at radius 3 is 2.44 bits per heavy atom. The van der Waals surface area contributed by atoms with E-state index in [-0.39, 0.29) is 34.9 Å². The van der Waals surface area contributed by atoms with Crippen molar-refractivity contribution in [2.24, 2.45) is 4.36 Å². The van der Waals surface area contributed by atoms with Crippen molar-refractivity contribution < 1.29 is 32.8 Å². The Morgan fingerprint density at radius 1 is 1.23 bits per heavy atom. The smallest absolute Gasteiger partial charge is 0.443 e. The summed E-state index contributed by atoms with van der Waals surface area (Å²) in [5.74, 6) is -1.06. The fourth-order valence-corrected chi connectivity index (χ4v) is 7.13. The quantitative estimate of drug-likeness (QED) is 0.254. The number of aromatic nitrogens is 1. The van der Waals surface area contributed by atoms with Gasteiger partial charge in [-0.2, -0.15) is 4.31 Å². The zero-order valence-corrected chi connectivity index (χ0v) is 27.0. The average molecular weight is 586 g/mol. The molecule has 2 rings (SSSR count). The molecule has 0 bridgehead atoms. The van der Waals surface area contributed by atoms with Crippen LogP contribution >= 0.6 is 0 Å². The van der Waals surface area contributed by atoms with E-state index in [2.05, 4.69) is 43.2 Å². The zero-order chi connectivity index (χ0) is 29.8. The number of aryl methyl sites for hydroxylation is 1. The molecule has 222 valence electrons. The topological polar surface area (TPSA) is 128 Å². The number of carbonyl (C=O) groups excluding carboxylic acids is 1. The van der Waals surface area contributed by atoms with Crippen LogP contribution in [0.4, 0.5) is 4.79 Å². The van der Waals surface area contributed by atoms with Crippen LogP contribution in [0.25, 0.3) is 0 Å². The van der Waals surface area contributed by atoms with Crippen molar-refractivity contribution in [3.63, 3.8) is 0 Å². The molecule has 0 radical (unpaired) electrons. The molecule has 0 aromatic carbocycles. The van der Waals surface area contributed by atoms with Crippen molar-refractivity contribution in [3.05, 3.63) is 17.8 Å². The summed E-state index contributed by atoms with van der Waals surface area (Å²) in [5, 5.41) is 9.94. The maximum absolute atomic E-state index is 14.6. The second kappa shape index (κ2) is 12.7. The van der Waals surface area contributed by atoms with E-state index in [9.17, 15) is 18.9 Å². The van der Waals surface area contributed by atoms with Gasteiger partial charge in [-0.15, -0.1) is 4.36 Å². The highest BCUT2D eigenvalue weighted by atomic mass is 32.2. The molecule has 10 nitrogen and oxygen atoms in total. The maximum Gasteiger partial charge on any atom is 0.443 e. The van der Waals surface area contributed by atoms with Crippen molar-refractivity contribution in [1.82, 2.24) is 9.29 Å². The molecule has 1 saturated heterocycles. The largest absolute Gasteiger partial charge is 0.480 e. The van der Waals surface area contributed by atoms with Crippen LogP contribution in [-0.4, -0.2) is 69.9 Å². The molecule has 1 aromatic rings. The van der Waals surface area contributed by atoms with E-state index in [1.807, 2.05) is 6.92 Å². The molecule has 39 heavy (non-hydrogen) atoms. The molecule has 0 aliphatic carbocycles. The highest BCUT2D eigenvalue weighted by Gasteiger charge is 2.41. The fourth-order valence-electron chi connectivity index (χ4n) is 3.86. The summed E-state index contributed by atoms with van der Waals surface area (Å²) in [4.78, 5) is 29.4. The summed E-state index contributed by atoms with van der Waals surface area (Å²) in [6.07, 6.45) is 0.870. The molecule has 0 unspecified atom stereocenters. The molecule has 1 aliphatic rings. The summed E-state index contributed by atoms with van der Waals surface area (Å²) in [5.41, 5.74) is -0.248. The molecule has 1 aliphatic heterocycles. The van der Waals surface area contributed by atoms with E-state index in [4.69, 9.17) is 13.9 Å². The predicted octanol–water partition coefficient (Wildman–Crippen LogP) is 6.19. The minimum absolute atomic E-state index is 0.0662. The summed E-state index contributed by atoms with van der Waals surface area (Å²) in [6, 6.07) is 2.14. The molecule has 1 N–H and O–H groups in total. The molecule has 3 atom stereocenters. The van der Waals surface area contributed by atoms with Crippen LogP contribution in [0.15, 0.2) is 21.4 Å². The Balaban J connectivity index is 2.39. The summed E-state index contributed by atoms with van der Waals surface area (Å²) >= 11 is 0. The Kier molecular flexibility index (Phi) is 10.8. The summed E-state index contributed by atoms with van der Waals surface area (Å²) in [6.45, 7) is 20.5. The number of carboxylic acid groups (broad SMARTS) is 1. The van der Waals surface area contributed by atoms with Gasteiger partial charge in [0, 0.05) is 18.8 Å². The lowest BCUT2D eigenvalue weighted by molar-refractivity contribution is -0.140. The predicted molar refractivity (Wildman–Crippen MR) is 154 cm³/mol. The number of pyridine rings is 1. The number of hydrogen-bond donors (Lipinski definition) is 1. The van der Waals surface area contributed by atoms with Gasteiger partial charge in [0.25, 0.3) is 0 Å². The number of ether oxygens (including phenoxy) is 2. The lowest BCUT2D eigenvalue weighted by Crippen LogP contribution is -2.41. The van der Waals surface area contributed by atoms with Gasteiger partial charge in [0.2, 0.25) is 5.88 Å². The molecule has 1 fully saturated rings. The lowest BCUT2D eigenvalue weighted by Gasteiger charge is -2.36. The van der Waals surface area contributed by atoms with Gasteiger partial charge in [-0.3, -0.25) is 4.79 Å². The van der Waals surface area contributed by atoms with Crippen molar-refractivity contribution in [3.8, 4) is 5.88 Å². The van der Waals surface area contributed by atoms with Gasteiger partial charge >= 0.3 is 12.1 Å². The van der Waals surface area contributed by atoms with E-state index in [0.29, 0.717) is 25.1 Å². The van der Waals surface area contributed by atoms with Crippen molar-refractivity contribution >= 4 is 30.3 Å². The average Bonchev–Trinajstić information content (AvgIpc) is 3.25. The van der Waals surface area contributed by atoms with Crippen LogP contribution < -0.4 is 4.74 Å². The Labute approximate surface area is 235 Å². The number of aliphatic carboxylic acids is 1. The molecule has 2 heterocycles. The van der Waals surface area contributed by atoms with Crippen molar-refractivity contribution in [1.29, 1.82) is 0 Å². The molecule has 1 aromatic heterocycles. The highest BCUT2D eigenvalue weighted by molar-refractivity contribution is 7.91. The van der Waals surface area contributed by atoms with Crippen molar-refractivity contribution in [2.75, 3.05) is 13.2 Å². The van der Waals surface area contributed by atoms with E-state index < -0.39 is 41.9 Å². The number of amides is 1. The van der Waals surface area contributed by atoms with Gasteiger partial charge < -0.3 is 19.0 Å². The van der Waals surface area contributed by atoms with Crippen molar-refractivity contribution in [2.45, 2.75) is 122 Å². The number of carbonyl (C=O) groups is 2. The SMILES string of the molecule is Cc1ccc([S@](=O)(=NC(=O)OC(C)(C)C)N2CCC[C@H]2C(=O)O)c(O[C@H](C)CCCO[Si](C)(C)C(C)(C)C)n1. The van der Waals surface area contributed by atoms with E-state index in [1.54, 1.807) is 39.8 Å². The third-order valence-electron chi connectivity index (χ3n) is 6.99. The first-order chi connectivity index (χ1) is 17.8. The number of carboxylic acids is 1. The third kappa shape index (κ3) is 8.99. The Bertz CT molecular complexity index is 1150. The van der Waals surface area contributed by atoms with Gasteiger partial charge in [-0.25, -0.2) is 14.0 Å². The first-order valence-corrected chi connectivity index (χ1v) is 17.9. The minimum Gasteiger partial charge on any atom is -0.480 e. The van der Waals surface area contributed by atoms with Crippen LogP contribution in [0.5, 0.6) is 5.88 Å².